The molecular weight excluding hydrogens is 274 g/mol. The van der Waals surface area contributed by atoms with E-state index >= 15 is 0 Å². The smallest absolute Gasteiger partial charge is 0.0536 e. The number of rotatable bonds is 4. The van der Waals surface area contributed by atoms with Gasteiger partial charge in [-0.2, -0.15) is 0 Å². The first kappa shape index (κ1) is 12.8. The van der Waals surface area contributed by atoms with Gasteiger partial charge >= 0.3 is 0 Å². The highest BCUT2D eigenvalue weighted by Gasteiger charge is 2.17. The molecular formula is C15H20BrN. The third kappa shape index (κ3) is 3.43. The highest BCUT2D eigenvalue weighted by molar-refractivity contribution is 9.10. The molecule has 1 aromatic carbocycles. The average Bonchev–Trinajstić information content (AvgIpc) is 2.37. The Morgan fingerprint density at radius 1 is 1.35 bits per heavy atom. The molecule has 1 aromatic rings. The van der Waals surface area contributed by atoms with Crippen molar-refractivity contribution in [1.29, 1.82) is 0 Å². The van der Waals surface area contributed by atoms with Crippen molar-refractivity contribution in [2.45, 2.75) is 38.6 Å². The Hall–Kier alpha value is -0.600. The predicted molar refractivity (Wildman–Crippen MR) is 77.1 cm³/mol. The summed E-state index contributed by atoms with van der Waals surface area (Å²) in [6.45, 7) is 3.18. The molecule has 0 spiro atoms. The van der Waals surface area contributed by atoms with Crippen LogP contribution < -0.4 is 5.32 Å². The number of hydrogen-bond acceptors (Lipinski definition) is 1. The van der Waals surface area contributed by atoms with Gasteiger partial charge in [-0.1, -0.05) is 46.6 Å². The van der Waals surface area contributed by atoms with Crippen LogP contribution in [0.3, 0.4) is 0 Å². The average molecular weight is 294 g/mol. The lowest BCUT2D eigenvalue weighted by Gasteiger charge is -2.24. The van der Waals surface area contributed by atoms with Crippen LogP contribution in [0.1, 0.15) is 44.2 Å². The molecule has 0 amide bonds. The van der Waals surface area contributed by atoms with Crippen molar-refractivity contribution < 1.29 is 0 Å². The van der Waals surface area contributed by atoms with Crippen LogP contribution in [0.2, 0.25) is 0 Å². The number of nitrogens with one attached hydrogen (secondary N) is 1. The zero-order chi connectivity index (χ0) is 12.1. The summed E-state index contributed by atoms with van der Waals surface area (Å²) < 4.78 is 1.16. The molecule has 0 bridgehead atoms. The van der Waals surface area contributed by atoms with E-state index in [-0.39, 0.29) is 0 Å². The summed E-state index contributed by atoms with van der Waals surface area (Å²) in [5.74, 6) is 0. The van der Waals surface area contributed by atoms with E-state index in [9.17, 15) is 0 Å². The molecule has 0 saturated heterocycles. The number of allylic oxidation sites excluding steroid dienone is 1. The van der Waals surface area contributed by atoms with E-state index in [2.05, 4.69) is 58.5 Å². The molecule has 0 heterocycles. The second-order valence-corrected chi connectivity index (χ2v) is 5.49. The van der Waals surface area contributed by atoms with E-state index in [4.69, 9.17) is 0 Å². The molecule has 1 nitrogen and oxygen atoms in total. The molecule has 0 aliphatic heterocycles. The van der Waals surface area contributed by atoms with Crippen LogP contribution in [0.5, 0.6) is 0 Å². The summed E-state index contributed by atoms with van der Waals surface area (Å²) in [7, 11) is 0. The normalized spacial score (nSPS) is 17.6. The molecule has 17 heavy (non-hydrogen) atoms. The van der Waals surface area contributed by atoms with Gasteiger partial charge in [-0.05, 0) is 49.9 Å². The minimum Gasteiger partial charge on any atom is -0.307 e. The maximum Gasteiger partial charge on any atom is 0.0536 e. The molecule has 1 unspecified atom stereocenters. The third-order valence-electron chi connectivity index (χ3n) is 3.29. The number of likely N-dealkylation sites (N-methyl/N-ethyl adjacent to an activating group) is 1. The molecule has 0 fully saturated rings. The fourth-order valence-electron chi connectivity index (χ4n) is 2.48. The Morgan fingerprint density at radius 3 is 2.88 bits per heavy atom. The first-order valence-electron chi connectivity index (χ1n) is 6.49. The molecule has 2 heteroatoms. The number of benzene rings is 1. The van der Waals surface area contributed by atoms with Gasteiger partial charge < -0.3 is 5.32 Å². The highest BCUT2D eigenvalue weighted by Crippen LogP contribution is 2.30. The number of hydrogen-bond donors (Lipinski definition) is 1. The van der Waals surface area contributed by atoms with Crippen molar-refractivity contribution in [3.05, 3.63) is 46.0 Å². The summed E-state index contributed by atoms with van der Waals surface area (Å²) in [5.41, 5.74) is 2.94. The molecule has 2 rings (SSSR count). The predicted octanol–water partition coefficient (Wildman–Crippen LogP) is 4.60. The summed E-state index contributed by atoms with van der Waals surface area (Å²) in [6, 6.07) is 9.04. The lowest BCUT2D eigenvalue weighted by Crippen LogP contribution is -2.23. The maximum absolute atomic E-state index is 3.61. The van der Waals surface area contributed by atoms with Gasteiger partial charge in [0.1, 0.15) is 0 Å². The lowest BCUT2D eigenvalue weighted by molar-refractivity contribution is 0.564. The van der Waals surface area contributed by atoms with Gasteiger partial charge in [-0.3, -0.25) is 0 Å². The van der Waals surface area contributed by atoms with Gasteiger partial charge in [0.25, 0.3) is 0 Å². The number of halogens is 1. The van der Waals surface area contributed by atoms with E-state index < -0.39 is 0 Å². The van der Waals surface area contributed by atoms with Crippen LogP contribution in [0.15, 0.2) is 40.4 Å². The second kappa shape index (κ2) is 6.36. The van der Waals surface area contributed by atoms with Crippen molar-refractivity contribution >= 4 is 15.9 Å². The lowest BCUT2D eigenvalue weighted by atomic mass is 9.90. The van der Waals surface area contributed by atoms with Gasteiger partial charge in [0.15, 0.2) is 0 Å². The zero-order valence-electron chi connectivity index (χ0n) is 10.4. The van der Waals surface area contributed by atoms with Crippen LogP contribution in [0.4, 0.5) is 0 Å². The van der Waals surface area contributed by atoms with Crippen LogP contribution in [0.25, 0.3) is 0 Å². The van der Waals surface area contributed by atoms with Crippen molar-refractivity contribution in [3.8, 4) is 0 Å². The summed E-state index contributed by atoms with van der Waals surface area (Å²) >= 11 is 3.56. The van der Waals surface area contributed by atoms with Crippen LogP contribution in [-0.2, 0) is 0 Å². The largest absolute Gasteiger partial charge is 0.307 e. The van der Waals surface area contributed by atoms with Gasteiger partial charge in [0.05, 0.1) is 6.04 Å². The quantitative estimate of drug-likeness (QED) is 0.800. The van der Waals surface area contributed by atoms with Crippen molar-refractivity contribution in [3.63, 3.8) is 0 Å². The SMILES string of the molecule is CCNC(C1=CCCCC1)c1cccc(Br)c1. The summed E-state index contributed by atoms with van der Waals surface area (Å²) in [6.07, 6.45) is 7.59. The Labute approximate surface area is 112 Å². The Kier molecular flexibility index (Phi) is 4.81. The molecule has 0 radical (unpaired) electrons. The van der Waals surface area contributed by atoms with E-state index in [1.54, 1.807) is 5.57 Å². The van der Waals surface area contributed by atoms with E-state index in [1.165, 1.54) is 31.2 Å². The topological polar surface area (TPSA) is 12.0 Å². The minimum atomic E-state index is 0.401. The second-order valence-electron chi connectivity index (χ2n) is 4.57. The molecule has 92 valence electrons. The third-order valence-corrected chi connectivity index (χ3v) is 3.78. The molecule has 0 aromatic heterocycles. The molecule has 1 atom stereocenters. The van der Waals surface area contributed by atoms with E-state index in [1.807, 2.05) is 0 Å². The monoisotopic (exact) mass is 293 g/mol. The van der Waals surface area contributed by atoms with Gasteiger partial charge in [-0.25, -0.2) is 0 Å². The summed E-state index contributed by atoms with van der Waals surface area (Å²) in [5, 5.41) is 3.61. The van der Waals surface area contributed by atoms with Crippen LogP contribution in [0, 0.1) is 0 Å². The summed E-state index contributed by atoms with van der Waals surface area (Å²) in [4.78, 5) is 0. The first-order chi connectivity index (χ1) is 8.31. The van der Waals surface area contributed by atoms with Crippen molar-refractivity contribution in [1.82, 2.24) is 5.32 Å². The minimum absolute atomic E-state index is 0.401. The fraction of sp³-hybridized carbons (Fsp3) is 0.467. The Morgan fingerprint density at radius 2 is 2.24 bits per heavy atom. The molecule has 0 saturated carbocycles. The molecule has 1 aliphatic rings. The van der Waals surface area contributed by atoms with Crippen LogP contribution in [-0.4, -0.2) is 6.54 Å². The van der Waals surface area contributed by atoms with Crippen LogP contribution >= 0.6 is 15.9 Å². The van der Waals surface area contributed by atoms with Gasteiger partial charge in [-0.15, -0.1) is 0 Å². The van der Waals surface area contributed by atoms with E-state index in [0.29, 0.717) is 6.04 Å². The van der Waals surface area contributed by atoms with E-state index in [0.717, 1.165) is 11.0 Å². The highest BCUT2D eigenvalue weighted by atomic mass is 79.9. The van der Waals surface area contributed by atoms with Gasteiger partial charge in [0, 0.05) is 4.47 Å². The standard InChI is InChI=1S/C15H20BrN/c1-2-17-15(12-7-4-3-5-8-12)13-9-6-10-14(16)11-13/h6-7,9-11,15,17H,2-5,8H2,1H3. The zero-order valence-corrected chi connectivity index (χ0v) is 12.0. The molecule has 1 N–H and O–H groups in total. The maximum atomic E-state index is 3.61. The van der Waals surface area contributed by atoms with Crippen molar-refractivity contribution in [2.75, 3.05) is 6.54 Å². The fourth-order valence-corrected chi connectivity index (χ4v) is 2.90. The molecule has 1 aliphatic carbocycles. The Balaban J connectivity index is 2.24. The van der Waals surface area contributed by atoms with Gasteiger partial charge in [0.2, 0.25) is 0 Å². The Bertz CT molecular complexity index is 398. The first-order valence-corrected chi connectivity index (χ1v) is 7.28. The van der Waals surface area contributed by atoms with Crippen molar-refractivity contribution in [2.24, 2.45) is 0 Å².